The highest BCUT2D eigenvalue weighted by atomic mass is 35.5. The standard InChI is InChI=1S/C8H7ClO3/c1-4-6(8(11)12)2-5(9)3-7(4)10/h2-3,10H,1H3,(H,11,12). The molecule has 0 bridgehead atoms. The molecule has 0 amide bonds. The quantitative estimate of drug-likeness (QED) is 0.706. The highest BCUT2D eigenvalue weighted by Crippen LogP contribution is 2.25. The van der Waals surface area contributed by atoms with Gasteiger partial charge in [-0.3, -0.25) is 0 Å². The molecule has 0 heterocycles. The van der Waals surface area contributed by atoms with E-state index < -0.39 is 5.97 Å². The highest BCUT2D eigenvalue weighted by molar-refractivity contribution is 6.31. The van der Waals surface area contributed by atoms with E-state index in [1.165, 1.54) is 19.1 Å². The maximum atomic E-state index is 10.6. The number of rotatable bonds is 1. The first-order chi connectivity index (χ1) is 5.52. The van der Waals surface area contributed by atoms with E-state index in [2.05, 4.69) is 0 Å². The number of carboxylic acids is 1. The largest absolute Gasteiger partial charge is 0.508 e. The lowest BCUT2D eigenvalue weighted by molar-refractivity contribution is 0.0695. The number of carbonyl (C=O) groups is 1. The van der Waals surface area contributed by atoms with Crippen LogP contribution >= 0.6 is 11.6 Å². The fourth-order valence-corrected chi connectivity index (χ4v) is 1.10. The minimum Gasteiger partial charge on any atom is -0.508 e. The minimum absolute atomic E-state index is 0.0278. The Labute approximate surface area is 74.2 Å². The number of phenolic OH excluding ortho intramolecular Hbond substituents is 1. The molecule has 4 heteroatoms. The van der Waals surface area contributed by atoms with E-state index in [0.29, 0.717) is 5.56 Å². The fraction of sp³-hybridized carbons (Fsp3) is 0.125. The van der Waals surface area contributed by atoms with Crippen LogP contribution in [0.4, 0.5) is 0 Å². The van der Waals surface area contributed by atoms with Crippen LogP contribution in [-0.2, 0) is 0 Å². The summed E-state index contributed by atoms with van der Waals surface area (Å²) in [7, 11) is 0. The molecule has 0 spiro atoms. The second-order valence-electron chi connectivity index (χ2n) is 2.40. The van der Waals surface area contributed by atoms with Gasteiger partial charge in [-0.1, -0.05) is 11.6 Å². The molecule has 0 saturated heterocycles. The van der Waals surface area contributed by atoms with E-state index in [1.54, 1.807) is 0 Å². The van der Waals surface area contributed by atoms with Crippen molar-refractivity contribution in [3.05, 3.63) is 28.3 Å². The smallest absolute Gasteiger partial charge is 0.336 e. The van der Waals surface area contributed by atoms with Crippen LogP contribution in [0.3, 0.4) is 0 Å². The number of halogens is 1. The van der Waals surface area contributed by atoms with Gasteiger partial charge in [0.05, 0.1) is 5.56 Å². The number of aromatic carboxylic acids is 1. The molecule has 0 fully saturated rings. The van der Waals surface area contributed by atoms with E-state index in [1.807, 2.05) is 0 Å². The number of hydrogen-bond donors (Lipinski definition) is 2. The maximum Gasteiger partial charge on any atom is 0.336 e. The lowest BCUT2D eigenvalue weighted by atomic mass is 10.1. The molecule has 3 nitrogen and oxygen atoms in total. The van der Waals surface area contributed by atoms with Crippen LogP contribution < -0.4 is 0 Å². The van der Waals surface area contributed by atoms with Crippen molar-refractivity contribution in [2.45, 2.75) is 6.92 Å². The molecule has 12 heavy (non-hydrogen) atoms. The highest BCUT2D eigenvalue weighted by Gasteiger charge is 2.11. The van der Waals surface area contributed by atoms with Gasteiger partial charge in [-0.05, 0) is 19.1 Å². The van der Waals surface area contributed by atoms with Gasteiger partial charge in [-0.15, -0.1) is 0 Å². The number of carboxylic acid groups (broad SMARTS) is 1. The first-order valence-corrected chi connectivity index (χ1v) is 3.62. The van der Waals surface area contributed by atoms with E-state index in [-0.39, 0.29) is 16.3 Å². The normalized spacial score (nSPS) is 9.83. The molecule has 0 saturated carbocycles. The summed E-state index contributed by atoms with van der Waals surface area (Å²) in [5, 5.41) is 18.0. The summed E-state index contributed by atoms with van der Waals surface area (Å²) in [5.41, 5.74) is 0.354. The summed E-state index contributed by atoms with van der Waals surface area (Å²) in [6.45, 7) is 1.52. The Hall–Kier alpha value is -1.22. The van der Waals surface area contributed by atoms with Crippen LogP contribution in [0.2, 0.25) is 5.02 Å². The molecule has 0 aromatic heterocycles. The first-order valence-electron chi connectivity index (χ1n) is 3.25. The third kappa shape index (κ3) is 1.51. The molecule has 0 aliphatic heterocycles. The lowest BCUT2D eigenvalue weighted by Gasteiger charge is -2.03. The van der Waals surface area contributed by atoms with Gasteiger partial charge in [0.15, 0.2) is 0 Å². The summed E-state index contributed by atoms with van der Waals surface area (Å²) in [6, 6.07) is 2.61. The Morgan fingerprint density at radius 2 is 2.08 bits per heavy atom. The molecule has 0 aliphatic carbocycles. The topological polar surface area (TPSA) is 57.5 Å². The van der Waals surface area contributed by atoms with Gasteiger partial charge >= 0.3 is 5.97 Å². The average molecular weight is 187 g/mol. The molecular weight excluding hydrogens is 180 g/mol. The Morgan fingerprint density at radius 3 is 2.58 bits per heavy atom. The van der Waals surface area contributed by atoms with Gasteiger partial charge in [-0.2, -0.15) is 0 Å². The molecule has 0 atom stereocenters. The van der Waals surface area contributed by atoms with Gasteiger partial charge in [0.1, 0.15) is 5.75 Å². The third-order valence-electron chi connectivity index (χ3n) is 1.58. The summed E-state index contributed by atoms with van der Waals surface area (Å²) in [5.74, 6) is -1.19. The van der Waals surface area contributed by atoms with Crippen molar-refractivity contribution in [1.82, 2.24) is 0 Å². The Balaban J connectivity index is 3.37. The Morgan fingerprint density at radius 1 is 1.50 bits per heavy atom. The maximum absolute atomic E-state index is 10.6. The van der Waals surface area contributed by atoms with Crippen molar-refractivity contribution in [3.8, 4) is 5.75 Å². The zero-order chi connectivity index (χ0) is 9.30. The second kappa shape index (κ2) is 3.03. The van der Waals surface area contributed by atoms with Crippen LogP contribution in [0.5, 0.6) is 5.75 Å². The molecule has 0 radical (unpaired) electrons. The van der Waals surface area contributed by atoms with Crippen LogP contribution in [-0.4, -0.2) is 16.2 Å². The van der Waals surface area contributed by atoms with Crippen molar-refractivity contribution in [2.24, 2.45) is 0 Å². The van der Waals surface area contributed by atoms with Crippen molar-refractivity contribution in [3.63, 3.8) is 0 Å². The van der Waals surface area contributed by atoms with Crippen LogP contribution in [0.1, 0.15) is 15.9 Å². The molecule has 0 aliphatic rings. The van der Waals surface area contributed by atoms with E-state index in [0.717, 1.165) is 0 Å². The molecular formula is C8H7ClO3. The summed E-state index contributed by atoms with van der Waals surface area (Å²) in [4.78, 5) is 10.6. The summed E-state index contributed by atoms with van der Waals surface area (Å²) >= 11 is 5.54. The van der Waals surface area contributed by atoms with Crippen molar-refractivity contribution in [1.29, 1.82) is 0 Å². The summed E-state index contributed by atoms with van der Waals surface area (Å²) in [6.07, 6.45) is 0. The third-order valence-corrected chi connectivity index (χ3v) is 1.79. The zero-order valence-electron chi connectivity index (χ0n) is 6.34. The van der Waals surface area contributed by atoms with Gasteiger partial charge in [0.25, 0.3) is 0 Å². The van der Waals surface area contributed by atoms with Gasteiger partial charge in [0.2, 0.25) is 0 Å². The van der Waals surface area contributed by atoms with Crippen LogP contribution in [0.15, 0.2) is 12.1 Å². The molecule has 1 aromatic carbocycles. The van der Waals surface area contributed by atoms with Gasteiger partial charge in [-0.25, -0.2) is 4.79 Å². The lowest BCUT2D eigenvalue weighted by Crippen LogP contribution is -1.99. The van der Waals surface area contributed by atoms with Crippen LogP contribution in [0.25, 0.3) is 0 Å². The van der Waals surface area contributed by atoms with E-state index >= 15 is 0 Å². The van der Waals surface area contributed by atoms with E-state index in [9.17, 15) is 9.90 Å². The number of hydrogen-bond acceptors (Lipinski definition) is 2. The summed E-state index contributed by atoms with van der Waals surface area (Å²) < 4.78 is 0. The van der Waals surface area contributed by atoms with E-state index in [4.69, 9.17) is 16.7 Å². The molecule has 64 valence electrons. The van der Waals surface area contributed by atoms with Gasteiger partial charge in [0, 0.05) is 10.6 Å². The average Bonchev–Trinajstić information content (AvgIpc) is 1.96. The predicted molar refractivity (Wildman–Crippen MR) is 44.8 cm³/mol. The SMILES string of the molecule is Cc1c(O)cc(Cl)cc1C(=O)O. The zero-order valence-corrected chi connectivity index (χ0v) is 7.09. The number of benzene rings is 1. The predicted octanol–water partition coefficient (Wildman–Crippen LogP) is 2.05. The minimum atomic E-state index is -1.09. The molecule has 2 N–H and O–H groups in total. The first kappa shape index (κ1) is 8.87. The monoisotopic (exact) mass is 186 g/mol. The Kier molecular flexibility index (Phi) is 2.24. The molecule has 1 rings (SSSR count). The molecule has 0 unspecified atom stereocenters. The van der Waals surface area contributed by atoms with Crippen molar-refractivity contribution < 1.29 is 15.0 Å². The van der Waals surface area contributed by atoms with Crippen LogP contribution in [0, 0.1) is 6.92 Å². The number of aromatic hydroxyl groups is 1. The van der Waals surface area contributed by atoms with Crippen molar-refractivity contribution in [2.75, 3.05) is 0 Å². The second-order valence-corrected chi connectivity index (χ2v) is 2.84. The Bertz CT molecular complexity index is 333. The molecule has 1 aromatic rings. The van der Waals surface area contributed by atoms with Gasteiger partial charge < -0.3 is 10.2 Å². The number of phenols is 1. The fourth-order valence-electron chi connectivity index (χ4n) is 0.887. The van der Waals surface area contributed by atoms with Crippen molar-refractivity contribution >= 4 is 17.6 Å².